The van der Waals surface area contributed by atoms with Gasteiger partial charge >= 0.3 is 12.2 Å². The Bertz CT molecular complexity index is 645. The molecule has 0 aromatic carbocycles. The van der Waals surface area contributed by atoms with Crippen LogP contribution in [0.3, 0.4) is 0 Å². The minimum absolute atomic E-state index is 0.121. The highest BCUT2D eigenvalue weighted by atomic mass is 16.6. The monoisotopic (exact) mass is 336 g/mol. The van der Waals surface area contributed by atoms with Gasteiger partial charge < -0.3 is 14.4 Å². The van der Waals surface area contributed by atoms with Crippen LogP contribution in [-0.4, -0.2) is 45.6 Å². The van der Waals surface area contributed by atoms with Crippen molar-refractivity contribution in [2.75, 3.05) is 18.5 Å². The second-order valence-electron chi connectivity index (χ2n) is 6.56. The maximum absolute atomic E-state index is 12.3. The fourth-order valence-corrected chi connectivity index (χ4v) is 2.41. The van der Waals surface area contributed by atoms with Crippen molar-refractivity contribution in [1.29, 1.82) is 0 Å². The molecule has 0 atom stereocenters. The lowest BCUT2D eigenvalue weighted by atomic mass is 10.1. The number of hydrogen-bond donors (Lipinski definition) is 1. The Morgan fingerprint density at radius 1 is 1.42 bits per heavy atom. The summed E-state index contributed by atoms with van der Waals surface area (Å²) in [6.45, 7) is 9.95. The third-order valence-electron chi connectivity index (χ3n) is 3.40. The summed E-state index contributed by atoms with van der Waals surface area (Å²) in [6.07, 6.45) is 1.13. The van der Waals surface area contributed by atoms with E-state index in [4.69, 9.17) is 9.47 Å². The Balaban J connectivity index is 2.13. The van der Waals surface area contributed by atoms with E-state index in [0.29, 0.717) is 25.3 Å². The molecule has 8 nitrogen and oxygen atoms in total. The lowest BCUT2D eigenvalue weighted by Gasteiger charge is -2.29. The van der Waals surface area contributed by atoms with Crippen LogP contribution in [0.2, 0.25) is 0 Å². The summed E-state index contributed by atoms with van der Waals surface area (Å²) in [4.78, 5) is 25.6. The summed E-state index contributed by atoms with van der Waals surface area (Å²) in [5.74, 6) is 0.521. The first-order valence-electron chi connectivity index (χ1n) is 7.78. The Hall–Kier alpha value is -2.51. The van der Waals surface area contributed by atoms with E-state index in [0.717, 1.165) is 11.3 Å². The van der Waals surface area contributed by atoms with Gasteiger partial charge in [0, 0.05) is 25.6 Å². The van der Waals surface area contributed by atoms with Crippen LogP contribution in [-0.2, 0) is 29.5 Å². The van der Waals surface area contributed by atoms with Crippen LogP contribution in [0, 0.1) is 0 Å². The average Bonchev–Trinajstić information content (AvgIpc) is 2.78. The van der Waals surface area contributed by atoms with Gasteiger partial charge in [0.2, 0.25) is 0 Å². The van der Waals surface area contributed by atoms with Crippen LogP contribution in [0.15, 0.2) is 12.7 Å². The normalized spacial score (nSPS) is 13.9. The van der Waals surface area contributed by atoms with Gasteiger partial charge in [0.25, 0.3) is 0 Å². The summed E-state index contributed by atoms with van der Waals surface area (Å²) >= 11 is 0. The van der Waals surface area contributed by atoms with Crippen LogP contribution in [0.5, 0.6) is 0 Å². The SMILES string of the molecule is C=CCOC(=O)Nc1c2c(nn1C)CCN(C(=O)OC(C)(C)C)C2. The third kappa shape index (κ3) is 4.27. The Morgan fingerprint density at radius 3 is 2.75 bits per heavy atom. The van der Waals surface area contributed by atoms with E-state index in [9.17, 15) is 9.59 Å². The maximum Gasteiger partial charge on any atom is 0.413 e. The van der Waals surface area contributed by atoms with E-state index < -0.39 is 11.7 Å². The van der Waals surface area contributed by atoms with Crippen LogP contribution in [0.25, 0.3) is 0 Å². The molecule has 1 aliphatic heterocycles. The lowest BCUT2D eigenvalue weighted by molar-refractivity contribution is 0.0224. The smallest absolute Gasteiger partial charge is 0.413 e. The fourth-order valence-electron chi connectivity index (χ4n) is 2.41. The molecular formula is C16H24N4O4. The lowest BCUT2D eigenvalue weighted by Crippen LogP contribution is -2.40. The van der Waals surface area contributed by atoms with Crippen LogP contribution < -0.4 is 5.32 Å². The van der Waals surface area contributed by atoms with Crippen molar-refractivity contribution in [3.05, 3.63) is 23.9 Å². The highest BCUT2D eigenvalue weighted by Gasteiger charge is 2.30. The molecule has 2 heterocycles. The zero-order valence-electron chi connectivity index (χ0n) is 14.6. The molecule has 2 rings (SSSR count). The predicted octanol–water partition coefficient (Wildman–Crippen LogP) is 2.45. The number of aryl methyl sites for hydroxylation is 1. The first-order chi connectivity index (χ1) is 11.2. The third-order valence-corrected chi connectivity index (χ3v) is 3.40. The molecule has 0 spiro atoms. The Labute approximate surface area is 141 Å². The molecule has 0 saturated carbocycles. The van der Waals surface area contributed by atoms with Gasteiger partial charge in [0.05, 0.1) is 12.2 Å². The molecule has 1 aromatic rings. The zero-order valence-corrected chi connectivity index (χ0v) is 14.6. The van der Waals surface area contributed by atoms with Crippen molar-refractivity contribution in [3.63, 3.8) is 0 Å². The number of aromatic nitrogens is 2. The van der Waals surface area contributed by atoms with Gasteiger partial charge in [-0.25, -0.2) is 9.59 Å². The van der Waals surface area contributed by atoms with E-state index in [1.807, 2.05) is 20.8 Å². The van der Waals surface area contributed by atoms with E-state index in [2.05, 4.69) is 17.0 Å². The zero-order chi connectivity index (χ0) is 17.9. The number of nitrogens with zero attached hydrogens (tertiary/aromatic N) is 3. The number of rotatable bonds is 3. The first-order valence-corrected chi connectivity index (χ1v) is 7.78. The summed E-state index contributed by atoms with van der Waals surface area (Å²) in [5.41, 5.74) is 1.10. The second-order valence-corrected chi connectivity index (χ2v) is 6.56. The number of anilines is 1. The van der Waals surface area contributed by atoms with E-state index in [1.165, 1.54) is 6.08 Å². The first kappa shape index (κ1) is 17.8. The number of ether oxygens (including phenoxy) is 2. The summed E-state index contributed by atoms with van der Waals surface area (Å²) in [6, 6.07) is 0. The van der Waals surface area contributed by atoms with Crippen LogP contribution >= 0.6 is 0 Å². The Kier molecular flexibility index (Phi) is 5.16. The van der Waals surface area contributed by atoms with Crippen molar-refractivity contribution in [1.82, 2.24) is 14.7 Å². The minimum Gasteiger partial charge on any atom is -0.445 e. The highest BCUT2D eigenvalue weighted by molar-refractivity contribution is 5.85. The van der Waals surface area contributed by atoms with E-state index >= 15 is 0 Å². The van der Waals surface area contributed by atoms with Gasteiger partial charge in [0.1, 0.15) is 18.0 Å². The molecule has 24 heavy (non-hydrogen) atoms. The van der Waals surface area contributed by atoms with Crippen molar-refractivity contribution in [3.8, 4) is 0 Å². The number of hydrogen-bond acceptors (Lipinski definition) is 5. The summed E-state index contributed by atoms with van der Waals surface area (Å²) in [5, 5.41) is 7.07. The number of nitrogens with one attached hydrogen (secondary N) is 1. The summed E-state index contributed by atoms with van der Waals surface area (Å²) in [7, 11) is 1.74. The maximum atomic E-state index is 12.3. The molecule has 2 amide bonds. The summed E-state index contributed by atoms with van der Waals surface area (Å²) < 4.78 is 11.9. The highest BCUT2D eigenvalue weighted by Crippen LogP contribution is 2.27. The van der Waals surface area contributed by atoms with Crippen molar-refractivity contribution in [2.24, 2.45) is 7.05 Å². The molecule has 0 saturated heterocycles. The molecule has 1 aliphatic rings. The van der Waals surface area contributed by atoms with Gasteiger partial charge in [-0.05, 0) is 20.8 Å². The Morgan fingerprint density at radius 2 is 2.12 bits per heavy atom. The molecule has 1 aromatic heterocycles. The molecule has 0 bridgehead atoms. The molecular weight excluding hydrogens is 312 g/mol. The average molecular weight is 336 g/mol. The van der Waals surface area contributed by atoms with Gasteiger partial charge in [-0.15, -0.1) is 0 Å². The standard InChI is InChI=1S/C16H24N4O4/c1-6-9-23-14(21)17-13-11-10-20(15(22)24-16(2,3)4)8-7-12(11)18-19(13)5/h6H,1,7-10H2,2-5H3,(H,17,21). The quantitative estimate of drug-likeness (QED) is 0.857. The minimum atomic E-state index is -0.588. The number of amides is 2. The molecule has 8 heteroatoms. The van der Waals surface area contributed by atoms with Crippen LogP contribution in [0.4, 0.5) is 15.4 Å². The van der Waals surface area contributed by atoms with E-state index in [1.54, 1.807) is 16.6 Å². The largest absolute Gasteiger partial charge is 0.445 e. The van der Waals surface area contributed by atoms with E-state index in [-0.39, 0.29) is 12.7 Å². The van der Waals surface area contributed by atoms with Crippen molar-refractivity contribution < 1.29 is 19.1 Å². The molecule has 0 radical (unpaired) electrons. The van der Waals surface area contributed by atoms with Crippen molar-refractivity contribution in [2.45, 2.75) is 39.3 Å². The number of carbonyl (C=O) groups is 2. The molecule has 132 valence electrons. The topological polar surface area (TPSA) is 85.7 Å². The second kappa shape index (κ2) is 6.94. The van der Waals surface area contributed by atoms with Gasteiger partial charge in [-0.2, -0.15) is 5.10 Å². The van der Waals surface area contributed by atoms with Gasteiger partial charge in [-0.1, -0.05) is 12.7 Å². The molecule has 0 fully saturated rings. The van der Waals surface area contributed by atoms with Crippen molar-refractivity contribution >= 4 is 18.0 Å². The molecule has 1 N–H and O–H groups in total. The van der Waals surface area contributed by atoms with Gasteiger partial charge in [0.15, 0.2) is 0 Å². The number of carbonyl (C=O) groups excluding carboxylic acids is 2. The fraction of sp³-hybridized carbons (Fsp3) is 0.562. The number of fused-ring (bicyclic) bond motifs is 1. The molecule has 0 aliphatic carbocycles. The van der Waals surface area contributed by atoms with Gasteiger partial charge in [-0.3, -0.25) is 10.00 Å². The molecule has 0 unspecified atom stereocenters. The van der Waals surface area contributed by atoms with Crippen LogP contribution in [0.1, 0.15) is 32.0 Å². The predicted molar refractivity (Wildman–Crippen MR) is 88.7 cm³/mol.